The first-order valence-electron chi connectivity index (χ1n) is 12.8. The SMILES string of the molecule is C[C@@]1(c2ccc3ccccc3c2)NC(=O)N(CC(=O)N2CCN(CC(=O)N3CCCCC3)CC2)C1=O. The smallest absolute Gasteiger partial charge is 0.325 e. The van der Waals surface area contributed by atoms with Crippen molar-refractivity contribution in [1.82, 2.24) is 24.9 Å². The standard InChI is InChI=1S/C27H33N5O4/c1-27(22-10-9-20-7-3-4-8-21(20)17-22)25(35)32(26(36)28-27)19-24(34)31-15-13-29(14-16-31)18-23(33)30-11-5-2-6-12-30/h3-4,7-10,17H,2,5-6,11-16,18-19H2,1H3,(H,28,36)/t27-/m0/s1. The Bertz CT molecular complexity index is 1190. The van der Waals surface area contributed by atoms with Gasteiger partial charge in [-0.25, -0.2) is 4.79 Å². The lowest BCUT2D eigenvalue weighted by atomic mass is 9.90. The molecule has 0 radical (unpaired) electrons. The van der Waals surface area contributed by atoms with E-state index < -0.39 is 17.5 Å². The minimum atomic E-state index is -1.23. The summed E-state index contributed by atoms with van der Waals surface area (Å²) in [4.78, 5) is 58.3. The quantitative estimate of drug-likeness (QED) is 0.644. The molecule has 3 saturated heterocycles. The molecule has 5 rings (SSSR count). The Labute approximate surface area is 211 Å². The average molecular weight is 492 g/mol. The van der Waals surface area contributed by atoms with Crippen LogP contribution in [0.3, 0.4) is 0 Å². The zero-order valence-electron chi connectivity index (χ0n) is 20.7. The summed E-state index contributed by atoms with van der Waals surface area (Å²) >= 11 is 0. The van der Waals surface area contributed by atoms with Gasteiger partial charge in [-0.05, 0) is 48.6 Å². The highest BCUT2D eigenvalue weighted by Gasteiger charge is 2.49. The Hall–Kier alpha value is -3.46. The van der Waals surface area contributed by atoms with Crippen LogP contribution in [0.25, 0.3) is 10.8 Å². The van der Waals surface area contributed by atoms with Crippen LogP contribution in [0.1, 0.15) is 31.7 Å². The number of amides is 5. The Morgan fingerprint density at radius 2 is 1.44 bits per heavy atom. The molecule has 0 aliphatic carbocycles. The highest BCUT2D eigenvalue weighted by atomic mass is 16.2. The zero-order valence-corrected chi connectivity index (χ0v) is 20.7. The van der Waals surface area contributed by atoms with Gasteiger partial charge in [0.05, 0.1) is 6.54 Å². The molecular weight excluding hydrogens is 458 g/mol. The van der Waals surface area contributed by atoms with Crippen LogP contribution in [0.4, 0.5) is 4.79 Å². The predicted molar refractivity (Wildman–Crippen MR) is 135 cm³/mol. The average Bonchev–Trinajstić information content (AvgIpc) is 3.13. The van der Waals surface area contributed by atoms with E-state index in [1.165, 1.54) is 6.42 Å². The topological polar surface area (TPSA) is 93.3 Å². The van der Waals surface area contributed by atoms with Gasteiger partial charge in [0, 0.05) is 39.3 Å². The van der Waals surface area contributed by atoms with Crippen molar-refractivity contribution in [3.8, 4) is 0 Å². The van der Waals surface area contributed by atoms with Crippen LogP contribution in [-0.4, -0.2) is 95.7 Å². The number of hydrogen-bond donors (Lipinski definition) is 1. The Kier molecular flexibility index (Phi) is 6.66. The Morgan fingerprint density at radius 3 is 2.17 bits per heavy atom. The van der Waals surface area contributed by atoms with Crippen LogP contribution in [0, 0.1) is 0 Å². The number of benzene rings is 2. The maximum atomic E-state index is 13.3. The molecule has 5 amide bonds. The molecule has 9 nitrogen and oxygen atoms in total. The molecule has 1 N–H and O–H groups in total. The summed E-state index contributed by atoms with van der Waals surface area (Å²) in [5, 5.41) is 4.82. The lowest BCUT2D eigenvalue weighted by Gasteiger charge is -2.36. The van der Waals surface area contributed by atoms with E-state index in [2.05, 4.69) is 10.2 Å². The summed E-state index contributed by atoms with van der Waals surface area (Å²) in [6.07, 6.45) is 3.32. The van der Waals surface area contributed by atoms with Crippen molar-refractivity contribution in [2.75, 3.05) is 52.4 Å². The maximum Gasteiger partial charge on any atom is 0.325 e. The number of fused-ring (bicyclic) bond motifs is 1. The number of piperidine rings is 1. The number of piperazine rings is 1. The molecule has 2 aromatic carbocycles. The van der Waals surface area contributed by atoms with Gasteiger partial charge in [0.1, 0.15) is 12.1 Å². The van der Waals surface area contributed by atoms with Crippen molar-refractivity contribution in [2.45, 2.75) is 31.7 Å². The molecule has 3 aliphatic rings. The van der Waals surface area contributed by atoms with E-state index in [9.17, 15) is 19.2 Å². The molecular formula is C27H33N5O4. The molecule has 3 fully saturated rings. The van der Waals surface area contributed by atoms with Gasteiger partial charge in [-0.15, -0.1) is 0 Å². The predicted octanol–water partition coefficient (Wildman–Crippen LogP) is 1.76. The molecule has 0 unspecified atom stereocenters. The molecule has 3 aliphatic heterocycles. The first kappa shape index (κ1) is 24.2. The van der Waals surface area contributed by atoms with Crippen molar-refractivity contribution in [1.29, 1.82) is 0 Å². The van der Waals surface area contributed by atoms with Crippen LogP contribution in [0.2, 0.25) is 0 Å². The van der Waals surface area contributed by atoms with Crippen LogP contribution >= 0.6 is 0 Å². The second-order valence-corrected chi connectivity index (χ2v) is 10.1. The molecule has 0 saturated carbocycles. The monoisotopic (exact) mass is 491 g/mol. The third kappa shape index (κ3) is 4.67. The number of nitrogens with zero attached hydrogens (tertiary/aromatic N) is 4. The third-order valence-electron chi connectivity index (χ3n) is 7.69. The second-order valence-electron chi connectivity index (χ2n) is 10.1. The van der Waals surface area contributed by atoms with Gasteiger partial charge in [0.15, 0.2) is 0 Å². The van der Waals surface area contributed by atoms with Gasteiger partial charge >= 0.3 is 6.03 Å². The van der Waals surface area contributed by atoms with Crippen molar-refractivity contribution in [3.63, 3.8) is 0 Å². The van der Waals surface area contributed by atoms with E-state index in [0.29, 0.717) is 38.3 Å². The number of likely N-dealkylation sites (tertiary alicyclic amines) is 1. The number of carbonyl (C=O) groups is 4. The molecule has 0 aromatic heterocycles. The van der Waals surface area contributed by atoms with Crippen LogP contribution in [0.5, 0.6) is 0 Å². The number of imide groups is 1. The van der Waals surface area contributed by atoms with Crippen LogP contribution in [0.15, 0.2) is 42.5 Å². The summed E-state index contributed by atoms with van der Waals surface area (Å²) in [6, 6.07) is 13.0. The molecule has 3 heterocycles. The van der Waals surface area contributed by atoms with Gasteiger partial charge in [0.2, 0.25) is 11.8 Å². The minimum absolute atomic E-state index is 0.154. The summed E-state index contributed by atoms with van der Waals surface area (Å²) in [7, 11) is 0. The van der Waals surface area contributed by atoms with Crippen LogP contribution in [-0.2, 0) is 19.9 Å². The molecule has 1 atom stereocenters. The van der Waals surface area contributed by atoms with E-state index in [-0.39, 0.29) is 18.4 Å². The van der Waals surface area contributed by atoms with E-state index >= 15 is 0 Å². The number of nitrogens with one attached hydrogen (secondary N) is 1. The van der Waals surface area contributed by atoms with E-state index in [0.717, 1.165) is 41.6 Å². The van der Waals surface area contributed by atoms with Gasteiger partial charge < -0.3 is 15.1 Å². The van der Waals surface area contributed by atoms with Crippen molar-refractivity contribution in [2.24, 2.45) is 0 Å². The summed E-state index contributed by atoms with van der Waals surface area (Å²) in [5.74, 6) is -0.535. The fourth-order valence-electron chi connectivity index (χ4n) is 5.36. The number of hydrogen-bond acceptors (Lipinski definition) is 5. The molecule has 190 valence electrons. The van der Waals surface area contributed by atoms with E-state index in [1.807, 2.05) is 47.4 Å². The Morgan fingerprint density at radius 1 is 0.806 bits per heavy atom. The minimum Gasteiger partial charge on any atom is -0.342 e. The normalized spacial score (nSPS) is 23.3. The zero-order chi connectivity index (χ0) is 25.3. The number of urea groups is 1. The maximum absolute atomic E-state index is 13.3. The summed E-state index contributed by atoms with van der Waals surface area (Å²) < 4.78 is 0. The molecule has 0 spiro atoms. The highest BCUT2D eigenvalue weighted by molar-refractivity contribution is 6.09. The molecule has 9 heteroatoms. The van der Waals surface area contributed by atoms with Gasteiger partial charge in [-0.2, -0.15) is 0 Å². The molecule has 0 bridgehead atoms. The van der Waals surface area contributed by atoms with Gasteiger partial charge in [-0.3, -0.25) is 24.2 Å². The third-order valence-corrected chi connectivity index (χ3v) is 7.69. The lowest BCUT2D eigenvalue weighted by molar-refractivity contribution is -0.140. The highest BCUT2D eigenvalue weighted by Crippen LogP contribution is 2.31. The Balaban J connectivity index is 1.18. The van der Waals surface area contributed by atoms with Crippen molar-refractivity contribution >= 4 is 34.5 Å². The lowest BCUT2D eigenvalue weighted by Crippen LogP contribution is -2.54. The summed E-state index contributed by atoms with van der Waals surface area (Å²) in [5.41, 5.74) is -0.545. The van der Waals surface area contributed by atoms with Gasteiger partial charge in [-0.1, -0.05) is 36.4 Å². The molecule has 36 heavy (non-hydrogen) atoms. The number of carbonyl (C=O) groups excluding carboxylic acids is 4. The fourth-order valence-corrected chi connectivity index (χ4v) is 5.36. The fraction of sp³-hybridized carbons (Fsp3) is 0.481. The van der Waals surface area contributed by atoms with Crippen molar-refractivity contribution in [3.05, 3.63) is 48.0 Å². The molecule has 2 aromatic rings. The van der Waals surface area contributed by atoms with E-state index in [4.69, 9.17) is 0 Å². The largest absolute Gasteiger partial charge is 0.342 e. The van der Waals surface area contributed by atoms with Crippen molar-refractivity contribution < 1.29 is 19.2 Å². The summed E-state index contributed by atoms with van der Waals surface area (Å²) in [6.45, 7) is 5.57. The first-order valence-corrected chi connectivity index (χ1v) is 12.8. The second kappa shape index (κ2) is 9.89. The van der Waals surface area contributed by atoms with E-state index in [1.54, 1.807) is 11.8 Å². The number of rotatable bonds is 5. The van der Waals surface area contributed by atoms with Crippen LogP contribution < -0.4 is 5.32 Å². The van der Waals surface area contributed by atoms with Gasteiger partial charge in [0.25, 0.3) is 5.91 Å². The first-order chi connectivity index (χ1) is 17.3.